The summed E-state index contributed by atoms with van der Waals surface area (Å²) in [6.45, 7) is 2.13. The lowest BCUT2D eigenvalue weighted by molar-refractivity contribution is -0.137. The molecule has 0 spiro atoms. The summed E-state index contributed by atoms with van der Waals surface area (Å²) < 4.78 is 38.3. The van der Waals surface area contributed by atoms with Crippen LogP contribution in [0.25, 0.3) is 0 Å². The van der Waals surface area contributed by atoms with Crippen molar-refractivity contribution in [2.45, 2.75) is 36.2 Å². The second-order valence-electron chi connectivity index (χ2n) is 5.67. The summed E-state index contributed by atoms with van der Waals surface area (Å²) in [6.07, 6.45) is -4.54. The molecule has 0 saturated heterocycles. The van der Waals surface area contributed by atoms with Crippen LogP contribution in [0.15, 0.2) is 28.5 Å². The second-order valence-corrected chi connectivity index (χ2v) is 7.86. The molecule has 26 heavy (non-hydrogen) atoms. The number of thioether (sulfide) groups is 1. The van der Waals surface area contributed by atoms with Crippen molar-refractivity contribution in [1.82, 2.24) is 10.3 Å². The minimum absolute atomic E-state index is 0.0681. The zero-order valence-corrected chi connectivity index (χ0v) is 15.1. The van der Waals surface area contributed by atoms with Crippen LogP contribution < -0.4 is 10.6 Å². The van der Waals surface area contributed by atoms with Gasteiger partial charge in [-0.05, 0) is 25.1 Å². The fourth-order valence-corrected chi connectivity index (χ4v) is 4.16. The van der Waals surface area contributed by atoms with Gasteiger partial charge in [-0.25, -0.2) is 4.98 Å². The number of halogens is 3. The molecule has 3 rings (SSSR count). The fourth-order valence-electron chi connectivity index (χ4n) is 2.36. The number of carbonyl (C=O) groups is 2. The highest BCUT2D eigenvalue weighted by molar-refractivity contribution is 8.01. The van der Waals surface area contributed by atoms with Crippen LogP contribution in [0.4, 0.5) is 18.9 Å². The van der Waals surface area contributed by atoms with E-state index in [9.17, 15) is 22.8 Å². The van der Waals surface area contributed by atoms with Crippen LogP contribution in [0.1, 0.15) is 22.7 Å². The molecule has 2 N–H and O–H groups in total. The molecule has 2 aromatic rings. The van der Waals surface area contributed by atoms with E-state index < -0.39 is 22.9 Å². The van der Waals surface area contributed by atoms with Crippen LogP contribution >= 0.6 is 23.1 Å². The number of carbonyl (C=O) groups excluding carboxylic acids is 2. The lowest BCUT2D eigenvalue weighted by Gasteiger charge is -2.24. The Labute approximate surface area is 155 Å². The Kier molecular flexibility index (Phi) is 5.24. The van der Waals surface area contributed by atoms with Crippen molar-refractivity contribution in [3.05, 3.63) is 39.8 Å². The van der Waals surface area contributed by atoms with Gasteiger partial charge in [0.2, 0.25) is 11.8 Å². The third-order valence-electron chi connectivity index (χ3n) is 3.60. The number of nitrogens with zero attached hydrogens (tertiary/aromatic N) is 1. The number of alkyl halides is 3. The molecule has 0 saturated carbocycles. The summed E-state index contributed by atoms with van der Waals surface area (Å²) in [5, 5.41) is 7.10. The number of aryl methyl sites for hydroxylation is 1. The van der Waals surface area contributed by atoms with Crippen LogP contribution in [-0.2, 0) is 22.3 Å². The van der Waals surface area contributed by atoms with Gasteiger partial charge in [0.15, 0.2) is 0 Å². The average Bonchev–Trinajstić information content (AvgIpc) is 2.98. The number of anilines is 1. The lowest BCUT2D eigenvalue weighted by Crippen LogP contribution is -2.34. The average molecular weight is 401 g/mol. The van der Waals surface area contributed by atoms with E-state index in [1.54, 1.807) is 0 Å². The van der Waals surface area contributed by atoms with Crippen molar-refractivity contribution in [3.8, 4) is 0 Å². The predicted octanol–water partition coefficient (Wildman–Crippen LogP) is 3.59. The lowest BCUT2D eigenvalue weighted by atomic mass is 10.1. The van der Waals surface area contributed by atoms with Crippen molar-refractivity contribution in [2.24, 2.45) is 0 Å². The first-order valence-electron chi connectivity index (χ1n) is 7.59. The number of nitrogens with one attached hydrogen (secondary N) is 2. The number of fused-ring (bicyclic) bond motifs is 1. The van der Waals surface area contributed by atoms with Gasteiger partial charge in [0.25, 0.3) is 0 Å². The van der Waals surface area contributed by atoms with E-state index in [4.69, 9.17) is 0 Å². The van der Waals surface area contributed by atoms with E-state index in [1.165, 1.54) is 17.4 Å². The first-order chi connectivity index (χ1) is 12.2. The number of hydrogen-bond donors (Lipinski definition) is 2. The number of benzene rings is 1. The molecule has 0 bridgehead atoms. The summed E-state index contributed by atoms with van der Waals surface area (Å²) in [5.74, 6) is -0.803. The summed E-state index contributed by atoms with van der Waals surface area (Å²) >= 11 is 2.52. The van der Waals surface area contributed by atoms with Gasteiger partial charge in [-0.3, -0.25) is 9.59 Å². The maximum atomic E-state index is 12.8. The number of amides is 2. The smallest absolute Gasteiger partial charge is 0.350 e. The zero-order valence-electron chi connectivity index (χ0n) is 13.5. The van der Waals surface area contributed by atoms with Gasteiger partial charge >= 0.3 is 6.18 Å². The van der Waals surface area contributed by atoms with Crippen LogP contribution in [0.2, 0.25) is 0 Å². The number of hydrogen-bond acceptors (Lipinski definition) is 5. The summed E-state index contributed by atoms with van der Waals surface area (Å²) in [6, 6.07) is 3.18. The van der Waals surface area contributed by atoms with Gasteiger partial charge in [0.1, 0.15) is 5.01 Å². The molecule has 0 aliphatic carbocycles. The molecule has 0 radical (unpaired) electrons. The Morgan fingerprint density at radius 2 is 2.15 bits per heavy atom. The van der Waals surface area contributed by atoms with E-state index in [1.807, 2.05) is 12.3 Å². The number of aromatic nitrogens is 1. The SMILES string of the molecule is Cc1csc(CNC(=O)CC2Sc3ccc(C(F)(F)F)cc3NC2=O)n1. The molecule has 1 aliphatic heterocycles. The summed E-state index contributed by atoms with van der Waals surface area (Å²) in [5.41, 5.74) is 0.160. The molecular weight excluding hydrogens is 387 g/mol. The van der Waals surface area contributed by atoms with Gasteiger partial charge in [0, 0.05) is 22.4 Å². The quantitative estimate of drug-likeness (QED) is 0.822. The normalized spacial score (nSPS) is 16.8. The molecule has 1 aromatic carbocycles. The molecule has 5 nitrogen and oxygen atoms in total. The molecule has 1 aliphatic rings. The molecule has 10 heteroatoms. The summed E-state index contributed by atoms with van der Waals surface area (Å²) in [7, 11) is 0. The first kappa shape index (κ1) is 18.7. The van der Waals surface area contributed by atoms with E-state index in [-0.39, 0.29) is 24.6 Å². The third-order valence-corrected chi connectivity index (χ3v) is 5.84. The van der Waals surface area contributed by atoms with Crippen LogP contribution in [0.3, 0.4) is 0 Å². The Balaban J connectivity index is 1.62. The number of rotatable bonds is 4. The Morgan fingerprint density at radius 3 is 2.81 bits per heavy atom. The van der Waals surface area contributed by atoms with Gasteiger partial charge in [0.05, 0.1) is 23.0 Å². The molecule has 1 aromatic heterocycles. The fraction of sp³-hybridized carbons (Fsp3) is 0.312. The molecule has 138 valence electrons. The maximum absolute atomic E-state index is 12.8. The highest BCUT2D eigenvalue weighted by Crippen LogP contribution is 2.40. The van der Waals surface area contributed by atoms with E-state index in [2.05, 4.69) is 15.6 Å². The summed E-state index contributed by atoms with van der Waals surface area (Å²) in [4.78, 5) is 28.9. The van der Waals surface area contributed by atoms with Crippen molar-refractivity contribution in [2.75, 3.05) is 5.32 Å². The standard InChI is InChI=1S/C16H14F3N3O2S2/c1-8-7-25-14(21-8)6-20-13(23)5-12-15(24)22-10-4-9(16(17,18)19)2-3-11(10)26-12/h2-4,7,12H,5-6H2,1H3,(H,20,23)(H,22,24). The molecule has 1 unspecified atom stereocenters. The Hall–Kier alpha value is -2.07. The van der Waals surface area contributed by atoms with Crippen molar-refractivity contribution >= 4 is 40.6 Å². The van der Waals surface area contributed by atoms with E-state index in [0.717, 1.165) is 34.6 Å². The minimum Gasteiger partial charge on any atom is -0.350 e. The van der Waals surface area contributed by atoms with Crippen LogP contribution in [0, 0.1) is 6.92 Å². The molecular formula is C16H14F3N3O2S2. The Morgan fingerprint density at radius 1 is 1.38 bits per heavy atom. The second kappa shape index (κ2) is 7.28. The zero-order chi connectivity index (χ0) is 18.9. The van der Waals surface area contributed by atoms with Crippen LogP contribution in [-0.4, -0.2) is 22.0 Å². The largest absolute Gasteiger partial charge is 0.416 e. The topological polar surface area (TPSA) is 71.1 Å². The number of thiazole rings is 1. The maximum Gasteiger partial charge on any atom is 0.416 e. The van der Waals surface area contributed by atoms with Crippen molar-refractivity contribution in [1.29, 1.82) is 0 Å². The highest BCUT2D eigenvalue weighted by atomic mass is 32.2. The molecule has 2 amide bonds. The minimum atomic E-state index is -4.48. The van der Waals surface area contributed by atoms with Gasteiger partial charge < -0.3 is 10.6 Å². The highest BCUT2D eigenvalue weighted by Gasteiger charge is 2.34. The van der Waals surface area contributed by atoms with E-state index in [0.29, 0.717) is 4.90 Å². The monoisotopic (exact) mass is 401 g/mol. The predicted molar refractivity (Wildman–Crippen MR) is 93.0 cm³/mol. The third kappa shape index (κ3) is 4.36. The van der Waals surface area contributed by atoms with Crippen molar-refractivity contribution < 1.29 is 22.8 Å². The van der Waals surface area contributed by atoms with Crippen molar-refractivity contribution in [3.63, 3.8) is 0 Å². The van der Waals surface area contributed by atoms with Gasteiger partial charge in [-0.2, -0.15) is 13.2 Å². The molecule has 2 heterocycles. The Bertz CT molecular complexity index is 852. The molecule has 1 atom stereocenters. The van der Waals surface area contributed by atoms with Gasteiger partial charge in [-0.1, -0.05) is 0 Å². The van der Waals surface area contributed by atoms with Gasteiger partial charge in [-0.15, -0.1) is 23.1 Å². The van der Waals surface area contributed by atoms with E-state index >= 15 is 0 Å². The van der Waals surface area contributed by atoms with Crippen LogP contribution in [0.5, 0.6) is 0 Å². The first-order valence-corrected chi connectivity index (χ1v) is 9.35. The molecule has 0 fully saturated rings.